The van der Waals surface area contributed by atoms with Crippen LogP contribution in [0.3, 0.4) is 0 Å². The van der Waals surface area contributed by atoms with E-state index < -0.39 is 4.92 Å². The first-order valence-electron chi connectivity index (χ1n) is 5.92. The Morgan fingerprint density at radius 2 is 2.17 bits per heavy atom. The van der Waals surface area contributed by atoms with Crippen molar-refractivity contribution in [2.75, 3.05) is 11.9 Å². The SMILES string of the molecule is Cc1nn(C)c(NC(CO)CC(C)C)c1[N+](=O)[O-]. The van der Waals surface area contributed by atoms with Crippen molar-refractivity contribution in [2.24, 2.45) is 13.0 Å². The van der Waals surface area contributed by atoms with Gasteiger partial charge in [-0.1, -0.05) is 13.8 Å². The van der Waals surface area contributed by atoms with Crippen LogP contribution in [-0.2, 0) is 7.05 Å². The number of nitrogens with zero attached hydrogens (tertiary/aromatic N) is 3. The summed E-state index contributed by atoms with van der Waals surface area (Å²) in [6.07, 6.45) is 0.734. The summed E-state index contributed by atoms with van der Waals surface area (Å²) in [5.41, 5.74) is 0.339. The van der Waals surface area contributed by atoms with Gasteiger partial charge in [-0.15, -0.1) is 0 Å². The molecule has 1 atom stereocenters. The monoisotopic (exact) mass is 256 g/mol. The number of nitro groups is 1. The Balaban J connectivity index is 2.98. The molecule has 0 saturated heterocycles. The molecule has 0 spiro atoms. The highest BCUT2D eigenvalue weighted by Crippen LogP contribution is 2.28. The number of anilines is 1. The Morgan fingerprint density at radius 3 is 2.61 bits per heavy atom. The van der Waals surface area contributed by atoms with Gasteiger partial charge >= 0.3 is 5.69 Å². The molecule has 18 heavy (non-hydrogen) atoms. The summed E-state index contributed by atoms with van der Waals surface area (Å²) in [6.45, 7) is 5.60. The molecule has 1 aromatic rings. The molecule has 1 aromatic heterocycles. The van der Waals surface area contributed by atoms with Crippen LogP contribution in [0.5, 0.6) is 0 Å². The van der Waals surface area contributed by atoms with Gasteiger partial charge in [0.05, 0.1) is 17.6 Å². The lowest BCUT2D eigenvalue weighted by Gasteiger charge is -2.18. The molecule has 0 bridgehead atoms. The normalized spacial score (nSPS) is 12.8. The zero-order chi connectivity index (χ0) is 13.9. The number of aliphatic hydroxyl groups is 1. The fourth-order valence-electron chi connectivity index (χ4n) is 1.97. The van der Waals surface area contributed by atoms with E-state index in [4.69, 9.17) is 0 Å². The Kier molecular flexibility index (Phi) is 4.66. The molecular weight excluding hydrogens is 236 g/mol. The lowest BCUT2D eigenvalue weighted by atomic mass is 10.0. The summed E-state index contributed by atoms with van der Waals surface area (Å²) in [4.78, 5) is 10.5. The summed E-state index contributed by atoms with van der Waals surface area (Å²) in [7, 11) is 1.64. The fraction of sp³-hybridized carbons (Fsp3) is 0.727. The average Bonchev–Trinajstić information content (AvgIpc) is 2.52. The molecule has 1 rings (SSSR count). The predicted molar refractivity (Wildman–Crippen MR) is 68.6 cm³/mol. The van der Waals surface area contributed by atoms with Gasteiger partial charge in [0.1, 0.15) is 5.69 Å². The van der Waals surface area contributed by atoms with E-state index in [-0.39, 0.29) is 18.3 Å². The van der Waals surface area contributed by atoms with E-state index in [1.54, 1.807) is 14.0 Å². The van der Waals surface area contributed by atoms with Crippen LogP contribution in [0.25, 0.3) is 0 Å². The van der Waals surface area contributed by atoms with Gasteiger partial charge in [0.25, 0.3) is 0 Å². The van der Waals surface area contributed by atoms with E-state index in [2.05, 4.69) is 10.4 Å². The number of aromatic nitrogens is 2. The van der Waals surface area contributed by atoms with Crippen LogP contribution in [0.4, 0.5) is 11.5 Å². The molecule has 0 saturated carbocycles. The molecule has 1 heterocycles. The second-order valence-electron chi connectivity index (χ2n) is 4.82. The van der Waals surface area contributed by atoms with Crippen molar-refractivity contribution in [3.8, 4) is 0 Å². The predicted octanol–water partition coefficient (Wildman–Crippen LogP) is 1.46. The van der Waals surface area contributed by atoms with Crippen molar-refractivity contribution in [2.45, 2.75) is 33.2 Å². The highest BCUT2D eigenvalue weighted by Gasteiger charge is 2.25. The molecule has 102 valence electrons. The van der Waals surface area contributed by atoms with Gasteiger partial charge in [-0.2, -0.15) is 5.10 Å². The van der Waals surface area contributed by atoms with Crippen molar-refractivity contribution in [1.82, 2.24) is 9.78 Å². The van der Waals surface area contributed by atoms with Gasteiger partial charge in [-0.05, 0) is 19.3 Å². The van der Waals surface area contributed by atoms with Crippen molar-refractivity contribution < 1.29 is 10.0 Å². The van der Waals surface area contributed by atoms with Gasteiger partial charge in [-0.3, -0.25) is 10.1 Å². The van der Waals surface area contributed by atoms with Crippen LogP contribution in [0.2, 0.25) is 0 Å². The number of nitrogens with one attached hydrogen (secondary N) is 1. The maximum Gasteiger partial charge on any atom is 0.333 e. The molecule has 7 nitrogen and oxygen atoms in total. The topological polar surface area (TPSA) is 93.2 Å². The molecule has 7 heteroatoms. The highest BCUT2D eigenvalue weighted by atomic mass is 16.6. The minimum absolute atomic E-state index is 0.0280. The van der Waals surface area contributed by atoms with E-state index in [0.29, 0.717) is 17.4 Å². The molecule has 1 unspecified atom stereocenters. The number of aryl methyl sites for hydroxylation is 2. The van der Waals surface area contributed by atoms with Crippen LogP contribution in [0.15, 0.2) is 0 Å². The molecular formula is C11H20N4O3. The van der Waals surface area contributed by atoms with Gasteiger partial charge < -0.3 is 10.4 Å². The van der Waals surface area contributed by atoms with Crippen LogP contribution in [-0.4, -0.2) is 32.5 Å². The number of aliphatic hydroxyl groups excluding tert-OH is 1. The van der Waals surface area contributed by atoms with Crippen molar-refractivity contribution in [3.63, 3.8) is 0 Å². The third kappa shape index (κ3) is 3.19. The third-order valence-corrected chi connectivity index (χ3v) is 2.69. The summed E-state index contributed by atoms with van der Waals surface area (Å²) in [5, 5.41) is 27.3. The molecule has 0 amide bonds. The lowest BCUT2D eigenvalue weighted by Crippen LogP contribution is -2.27. The summed E-state index contributed by atoms with van der Waals surface area (Å²) >= 11 is 0. The highest BCUT2D eigenvalue weighted by molar-refractivity contribution is 5.59. The third-order valence-electron chi connectivity index (χ3n) is 2.69. The second kappa shape index (κ2) is 5.81. The Bertz CT molecular complexity index is 428. The summed E-state index contributed by atoms with van der Waals surface area (Å²) in [6, 6.07) is -0.210. The number of hydrogen-bond acceptors (Lipinski definition) is 5. The lowest BCUT2D eigenvalue weighted by molar-refractivity contribution is -0.384. The minimum atomic E-state index is -0.450. The second-order valence-corrected chi connectivity index (χ2v) is 4.82. The maximum atomic E-state index is 11.0. The largest absolute Gasteiger partial charge is 0.394 e. The van der Waals surface area contributed by atoms with Crippen LogP contribution >= 0.6 is 0 Å². The van der Waals surface area contributed by atoms with E-state index >= 15 is 0 Å². The van der Waals surface area contributed by atoms with E-state index in [9.17, 15) is 15.2 Å². The molecule has 0 aliphatic rings. The molecule has 0 aromatic carbocycles. The minimum Gasteiger partial charge on any atom is -0.394 e. The quantitative estimate of drug-likeness (QED) is 0.593. The van der Waals surface area contributed by atoms with Gasteiger partial charge in [0.15, 0.2) is 0 Å². The zero-order valence-corrected chi connectivity index (χ0v) is 11.2. The Morgan fingerprint density at radius 1 is 1.56 bits per heavy atom. The Labute approximate surface area is 106 Å². The summed E-state index contributed by atoms with van der Waals surface area (Å²) < 4.78 is 1.44. The standard InChI is InChI=1S/C11H20N4O3/c1-7(2)5-9(6-16)12-11-10(15(17)18)8(3)13-14(11)4/h7,9,12,16H,5-6H2,1-4H3. The van der Waals surface area contributed by atoms with Crippen LogP contribution < -0.4 is 5.32 Å². The van der Waals surface area contributed by atoms with E-state index in [1.807, 2.05) is 13.8 Å². The molecule has 0 aliphatic carbocycles. The smallest absolute Gasteiger partial charge is 0.333 e. The maximum absolute atomic E-state index is 11.0. The summed E-state index contributed by atoms with van der Waals surface area (Å²) in [5.74, 6) is 0.736. The van der Waals surface area contributed by atoms with E-state index in [0.717, 1.165) is 6.42 Å². The van der Waals surface area contributed by atoms with Gasteiger partial charge in [-0.25, -0.2) is 4.68 Å². The average molecular weight is 256 g/mol. The van der Waals surface area contributed by atoms with Crippen molar-refractivity contribution in [3.05, 3.63) is 15.8 Å². The first-order valence-corrected chi connectivity index (χ1v) is 5.92. The molecule has 2 N–H and O–H groups in total. The molecule has 0 fully saturated rings. The fourth-order valence-corrected chi connectivity index (χ4v) is 1.97. The van der Waals surface area contributed by atoms with Gasteiger partial charge in [0, 0.05) is 7.05 Å². The van der Waals surface area contributed by atoms with Crippen LogP contribution in [0, 0.1) is 23.0 Å². The van der Waals surface area contributed by atoms with Crippen molar-refractivity contribution >= 4 is 11.5 Å². The van der Waals surface area contributed by atoms with Crippen LogP contribution in [0.1, 0.15) is 26.0 Å². The van der Waals surface area contributed by atoms with Crippen molar-refractivity contribution in [1.29, 1.82) is 0 Å². The van der Waals surface area contributed by atoms with Gasteiger partial charge in [0.2, 0.25) is 5.82 Å². The first-order chi connectivity index (χ1) is 8.36. The molecule has 0 aliphatic heterocycles. The number of hydrogen-bond donors (Lipinski definition) is 2. The molecule has 0 radical (unpaired) electrons. The Hall–Kier alpha value is -1.63. The number of rotatable bonds is 6. The van der Waals surface area contributed by atoms with E-state index in [1.165, 1.54) is 4.68 Å². The zero-order valence-electron chi connectivity index (χ0n) is 11.2. The first kappa shape index (κ1) is 14.4.